The smallest absolute Gasteiger partial charge is 0.322 e. The van der Waals surface area contributed by atoms with Crippen molar-refractivity contribution in [1.29, 1.82) is 0 Å². The summed E-state index contributed by atoms with van der Waals surface area (Å²) in [5, 5.41) is 12.8. The number of carbonyl (C=O) groups is 1. The summed E-state index contributed by atoms with van der Waals surface area (Å²) < 4.78 is 5.16. The molecular weight excluding hydrogens is 292 g/mol. The highest BCUT2D eigenvalue weighted by Crippen LogP contribution is 2.20. The zero-order valence-corrected chi connectivity index (χ0v) is 13.5. The van der Waals surface area contributed by atoms with E-state index in [9.17, 15) is 9.90 Å². The molecule has 5 nitrogen and oxygen atoms in total. The van der Waals surface area contributed by atoms with Gasteiger partial charge in [0.2, 0.25) is 0 Å². The molecule has 0 spiro atoms. The molecule has 0 heterocycles. The van der Waals surface area contributed by atoms with Gasteiger partial charge in [0.05, 0.1) is 13.7 Å². The van der Waals surface area contributed by atoms with E-state index in [0.29, 0.717) is 24.5 Å². The van der Waals surface area contributed by atoms with Crippen molar-refractivity contribution < 1.29 is 14.6 Å². The van der Waals surface area contributed by atoms with Gasteiger partial charge < -0.3 is 20.1 Å². The molecule has 0 radical (unpaired) electrons. The van der Waals surface area contributed by atoms with E-state index >= 15 is 0 Å². The van der Waals surface area contributed by atoms with Crippen LogP contribution >= 0.6 is 0 Å². The van der Waals surface area contributed by atoms with Crippen LogP contribution in [0.3, 0.4) is 0 Å². The predicted octanol–water partition coefficient (Wildman–Crippen LogP) is 3.84. The van der Waals surface area contributed by atoms with Gasteiger partial charge in [-0.25, -0.2) is 4.79 Å². The van der Waals surface area contributed by atoms with Crippen LogP contribution in [0.2, 0.25) is 0 Å². The number of rotatable bonds is 6. The van der Waals surface area contributed by atoms with Gasteiger partial charge in [0.1, 0.15) is 11.5 Å². The minimum atomic E-state index is -0.205. The van der Waals surface area contributed by atoms with Gasteiger partial charge >= 0.3 is 6.03 Å². The molecular formula is C18H22N2O3. The summed E-state index contributed by atoms with van der Waals surface area (Å²) in [6.45, 7) is 2.97. The van der Waals surface area contributed by atoms with Crippen molar-refractivity contribution in [2.24, 2.45) is 0 Å². The second-order valence-electron chi connectivity index (χ2n) is 5.21. The first-order chi connectivity index (χ1) is 11.1. The van der Waals surface area contributed by atoms with Crippen LogP contribution in [-0.2, 0) is 6.54 Å². The minimum Gasteiger partial charge on any atom is -0.508 e. The number of aromatic hydroxyl groups is 1. The Morgan fingerprint density at radius 2 is 2.00 bits per heavy atom. The highest BCUT2D eigenvalue weighted by molar-refractivity contribution is 5.89. The number of ether oxygens (including phenoxy) is 1. The maximum atomic E-state index is 12.5. The van der Waals surface area contributed by atoms with Crippen LogP contribution in [-0.4, -0.2) is 29.7 Å². The van der Waals surface area contributed by atoms with Gasteiger partial charge in [0.25, 0.3) is 0 Å². The van der Waals surface area contributed by atoms with E-state index in [1.807, 2.05) is 37.3 Å². The minimum absolute atomic E-state index is 0.197. The van der Waals surface area contributed by atoms with Crippen LogP contribution in [0.25, 0.3) is 0 Å². The van der Waals surface area contributed by atoms with E-state index in [4.69, 9.17) is 4.74 Å². The van der Waals surface area contributed by atoms with Crippen molar-refractivity contribution in [3.63, 3.8) is 0 Å². The standard InChI is InChI=1S/C18H22N2O3/c1-3-11-20(13-14-7-4-5-10-17(14)21)18(22)19-15-8-6-9-16(12-15)23-2/h4-10,12,21H,3,11,13H2,1-2H3,(H,19,22). The van der Waals surface area contributed by atoms with Gasteiger partial charge in [0.15, 0.2) is 0 Å². The Hall–Kier alpha value is -2.69. The van der Waals surface area contributed by atoms with Crippen LogP contribution in [0.1, 0.15) is 18.9 Å². The van der Waals surface area contributed by atoms with Gasteiger partial charge in [-0.2, -0.15) is 0 Å². The molecule has 2 aromatic carbocycles. The van der Waals surface area contributed by atoms with Crippen LogP contribution in [0.4, 0.5) is 10.5 Å². The number of hydrogen-bond acceptors (Lipinski definition) is 3. The quantitative estimate of drug-likeness (QED) is 0.851. The van der Waals surface area contributed by atoms with Crippen LogP contribution in [0.15, 0.2) is 48.5 Å². The lowest BCUT2D eigenvalue weighted by atomic mass is 10.2. The molecule has 0 bridgehead atoms. The second kappa shape index (κ2) is 8.08. The fraction of sp³-hybridized carbons (Fsp3) is 0.278. The lowest BCUT2D eigenvalue weighted by molar-refractivity contribution is 0.208. The predicted molar refractivity (Wildman–Crippen MR) is 90.8 cm³/mol. The summed E-state index contributed by atoms with van der Waals surface area (Å²) >= 11 is 0. The topological polar surface area (TPSA) is 61.8 Å². The fourth-order valence-corrected chi connectivity index (χ4v) is 2.28. The number of benzene rings is 2. The van der Waals surface area contributed by atoms with E-state index in [1.165, 1.54) is 0 Å². The lowest BCUT2D eigenvalue weighted by Crippen LogP contribution is -2.35. The highest BCUT2D eigenvalue weighted by atomic mass is 16.5. The molecule has 0 saturated heterocycles. The molecule has 0 aliphatic rings. The molecule has 122 valence electrons. The van der Waals surface area contributed by atoms with Crippen molar-refractivity contribution in [1.82, 2.24) is 4.90 Å². The summed E-state index contributed by atoms with van der Waals surface area (Å²) in [6, 6.07) is 14.1. The number of hydrogen-bond donors (Lipinski definition) is 2. The van der Waals surface area contributed by atoms with Gasteiger partial charge in [-0.1, -0.05) is 31.2 Å². The van der Waals surface area contributed by atoms with Crippen LogP contribution in [0.5, 0.6) is 11.5 Å². The first kappa shape index (κ1) is 16.7. The summed E-state index contributed by atoms with van der Waals surface area (Å²) in [7, 11) is 1.59. The molecule has 0 unspecified atom stereocenters. The molecule has 0 fully saturated rings. The number of phenols is 1. The third-order valence-corrected chi connectivity index (χ3v) is 3.45. The Balaban J connectivity index is 2.10. The second-order valence-corrected chi connectivity index (χ2v) is 5.21. The molecule has 0 aliphatic heterocycles. The molecule has 2 aromatic rings. The van der Waals surface area contributed by atoms with E-state index in [1.54, 1.807) is 30.2 Å². The summed E-state index contributed by atoms with van der Waals surface area (Å²) in [6.07, 6.45) is 0.832. The van der Waals surface area contributed by atoms with Crippen LogP contribution in [0, 0.1) is 0 Å². The molecule has 2 rings (SSSR count). The third kappa shape index (κ3) is 4.64. The summed E-state index contributed by atoms with van der Waals surface area (Å²) in [5.41, 5.74) is 1.40. The van der Waals surface area contributed by atoms with E-state index < -0.39 is 0 Å². The Bertz CT molecular complexity index is 658. The van der Waals surface area contributed by atoms with Gasteiger partial charge in [0, 0.05) is 23.9 Å². The zero-order valence-electron chi connectivity index (χ0n) is 13.5. The Labute approximate surface area is 136 Å². The highest BCUT2D eigenvalue weighted by Gasteiger charge is 2.15. The third-order valence-electron chi connectivity index (χ3n) is 3.45. The average Bonchev–Trinajstić information content (AvgIpc) is 2.56. The number of nitrogens with zero attached hydrogens (tertiary/aromatic N) is 1. The largest absolute Gasteiger partial charge is 0.508 e. The number of urea groups is 1. The van der Waals surface area contributed by atoms with Crippen molar-refractivity contribution in [2.75, 3.05) is 19.0 Å². The van der Waals surface area contributed by atoms with Crippen LogP contribution < -0.4 is 10.1 Å². The first-order valence-electron chi connectivity index (χ1n) is 7.61. The Kier molecular flexibility index (Phi) is 5.86. The lowest BCUT2D eigenvalue weighted by Gasteiger charge is -2.23. The molecule has 5 heteroatoms. The molecule has 0 aliphatic carbocycles. The summed E-state index contributed by atoms with van der Waals surface area (Å²) in [4.78, 5) is 14.2. The molecule has 0 atom stereocenters. The first-order valence-corrected chi connectivity index (χ1v) is 7.61. The monoisotopic (exact) mass is 314 g/mol. The van der Waals surface area contributed by atoms with Gasteiger partial charge in [-0.05, 0) is 24.6 Å². The number of nitrogens with one attached hydrogen (secondary N) is 1. The average molecular weight is 314 g/mol. The van der Waals surface area contributed by atoms with E-state index in [-0.39, 0.29) is 11.8 Å². The number of phenolic OH excluding ortho intramolecular Hbond substituents is 1. The molecule has 0 saturated carbocycles. The van der Waals surface area contributed by atoms with E-state index in [2.05, 4.69) is 5.32 Å². The Morgan fingerprint density at radius 1 is 1.22 bits per heavy atom. The number of anilines is 1. The normalized spacial score (nSPS) is 10.2. The van der Waals surface area contributed by atoms with Crippen molar-refractivity contribution in [3.05, 3.63) is 54.1 Å². The van der Waals surface area contributed by atoms with Crippen molar-refractivity contribution in [3.8, 4) is 11.5 Å². The Morgan fingerprint density at radius 3 is 2.70 bits per heavy atom. The maximum Gasteiger partial charge on any atom is 0.322 e. The maximum absolute atomic E-state index is 12.5. The van der Waals surface area contributed by atoms with Crippen molar-refractivity contribution >= 4 is 11.7 Å². The zero-order chi connectivity index (χ0) is 16.7. The fourth-order valence-electron chi connectivity index (χ4n) is 2.28. The number of amides is 2. The number of methoxy groups -OCH3 is 1. The van der Waals surface area contributed by atoms with Gasteiger partial charge in [-0.15, -0.1) is 0 Å². The molecule has 2 N–H and O–H groups in total. The molecule has 0 aromatic heterocycles. The van der Waals surface area contributed by atoms with E-state index in [0.717, 1.165) is 12.0 Å². The molecule has 23 heavy (non-hydrogen) atoms. The number of para-hydroxylation sites is 1. The van der Waals surface area contributed by atoms with Gasteiger partial charge in [-0.3, -0.25) is 0 Å². The SMILES string of the molecule is CCCN(Cc1ccccc1O)C(=O)Nc1cccc(OC)c1. The summed E-state index contributed by atoms with van der Waals surface area (Å²) in [5.74, 6) is 0.883. The number of carbonyl (C=O) groups excluding carboxylic acids is 1. The molecule has 2 amide bonds. The van der Waals surface area contributed by atoms with Crippen molar-refractivity contribution in [2.45, 2.75) is 19.9 Å².